The predicted molar refractivity (Wildman–Crippen MR) is 59.7 cm³/mol. The molecule has 0 saturated carbocycles. The number of ether oxygens (including phenoxy) is 1. The van der Waals surface area contributed by atoms with Crippen molar-refractivity contribution in [1.82, 2.24) is 10.6 Å². The molecular weight excluding hydrogens is 192 g/mol. The Morgan fingerprint density at radius 3 is 2.73 bits per heavy atom. The molecule has 1 amide bonds. The van der Waals surface area contributed by atoms with Gasteiger partial charge in [-0.05, 0) is 12.8 Å². The fraction of sp³-hybridized carbons (Fsp3) is 0.909. The van der Waals surface area contributed by atoms with Crippen LogP contribution in [0.2, 0.25) is 0 Å². The van der Waals surface area contributed by atoms with Gasteiger partial charge in [0.1, 0.15) is 6.61 Å². The highest BCUT2D eigenvalue weighted by Crippen LogP contribution is 2.14. The predicted octanol–water partition coefficient (Wildman–Crippen LogP) is 0.527. The van der Waals surface area contributed by atoms with E-state index in [1.807, 2.05) is 6.92 Å². The standard InChI is InChI=1S/C11H22N2O2/c1-4-9(2)5-13-10(14)6-15-11(3)7-12-8-11/h9,12H,4-8H2,1-3H3,(H,13,14). The summed E-state index contributed by atoms with van der Waals surface area (Å²) in [5.74, 6) is 0.526. The van der Waals surface area contributed by atoms with Crippen LogP contribution in [-0.2, 0) is 9.53 Å². The Morgan fingerprint density at radius 2 is 2.27 bits per heavy atom. The molecule has 0 aromatic carbocycles. The second-order valence-electron chi connectivity index (χ2n) is 4.66. The van der Waals surface area contributed by atoms with Crippen molar-refractivity contribution < 1.29 is 9.53 Å². The molecule has 1 saturated heterocycles. The first kappa shape index (κ1) is 12.5. The molecule has 1 aliphatic heterocycles. The van der Waals surface area contributed by atoms with Crippen LogP contribution in [0.5, 0.6) is 0 Å². The number of hydrogen-bond acceptors (Lipinski definition) is 3. The van der Waals surface area contributed by atoms with Crippen molar-refractivity contribution in [3.05, 3.63) is 0 Å². The summed E-state index contributed by atoms with van der Waals surface area (Å²) >= 11 is 0. The summed E-state index contributed by atoms with van der Waals surface area (Å²) < 4.78 is 5.52. The summed E-state index contributed by atoms with van der Waals surface area (Å²) in [6, 6.07) is 0. The minimum absolute atomic E-state index is 0.0107. The summed E-state index contributed by atoms with van der Waals surface area (Å²) in [5.41, 5.74) is -0.131. The number of hydrogen-bond donors (Lipinski definition) is 2. The van der Waals surface area contributed by atoms with Crippen molar-refractivity contribution in [2.24, 2.45) is 5.92 Å². The molecule has 0 spiro atoms. The van der Waals surface area contributed by atoms with Gasteiger partial charge in [0.25, 0.3) is 0 Å². The first-order valence-electron chi connectivity index (χ1n) is 5.67. The summed E-state index contributed by atoms with van der Waals surface area (Å²) in [6.07, 6.45) is 1.09. The summed E-state index contributed by atoms with van der Waals surface area (Å²) in [7, 11) is 0. The minimum Gasteiger partial charge on any atom is -0.363 e. The fourth-order valence-electron chi connectivity index (χ4n) is 1.30. The highest BCUT2D eigenvalue weighted by atomic mass is 16.5. The van der Waals surface area contributed by atoms with Crippen LogP contribution < -0.4 is 10.6 Å². The average molecular weight is 214 g/mol. The van der Waals surface area contributed by atoms with E-state index in [2.05, 4.69) is 24.5 Å². The highest BCUT2D eigenvalue weighted by molar-refractivity contribution is 5.77. The van der Waals surface area contributed by atoms with E-state index in [4.69, 9.17) is 4.74 Å². The summed E-state index contributed by atoms with van der Waals surface area (Å²) in [4.78, 5) is 11.4. The second-order valence-corrected chi connectivity index (χ2v) is 4.66. The van der Waals surface area contributed by atoms with E-state index in [9.17, 15) is 4.79 Å². The Morgan fingerprint density at radius 1 is 1.60 bits per heavy atom. The van der Waals surface area contributed by atoms with Gasteiger partial charge in [0.05, 0.1) is 5.60 Å². The van der Waals surface area contributed by atoms with Gasteiger partial charge >= 0.3 is 0 Å². The van der Waals surface area contributed by atoms with Crippen molar-refractivity contribution in [1.29, 1.82) is 0 Å². The van der Waals surface area contributed by atoms with Crippen LogP contribution in [0.4, 0.5) is 0 Å². The van der Waals surface area contributed by atoms with Crippen molar-refractivity contribution in [3.63, 3.8) is 0 Å². The van der Waals surface area contributed by atoms with Gasteiger partial charge in [-0.25, -0.2) is 0 Å². The number of carbonyl (C=O) groups is 1. The van der Waals surface area contributed by atoms with Crippen molar-refractivity contribution in [2.45, 2.75) is 32.8 Å². The molecular formula is C11H22N2O2. The van der Waals surface area contributed by atoms with Gasteiger partial charge in [0.2, 0.25) is 5.91 Å². The lowest BCUT2D eigenvalue weighted by Gasteiger charge is -2.38. The third kappa shape index (κ3) is 4.18. The van der Waals surface area contributed by atoms with Gasteiger partial charge in [0.15, 0.2) is 0 Å². The monoisotopic (exact) mass is 214 g/mol. The molecule has 15 heavy (non-hydrogen) atoms. The Bertz CT molecular complexity index is 215. The van der Waals surface area contributed by atoms with Crippen molar-refractivity contribution >= 4 is 5.91 Å². The van der Waals surface area contributed by atoms with Crippen molar-refractivity contribution in [2.75, 3.05) is 26.2 Å². The molecule has 0 radical (unpaired) electrons. The molecule has 1 atom stereocenters. The third-order valence-corrected chi connectivity index (χ3v) is 2.89. The maximum absolute atomic E-state index is 11.4. The molecule has 1 aliphatic rings. The molecule has 2 N–H and O–H groups in total. The second kappa shape index (κ2) is 5.47. The number of rotatable bonds is 6. The SMILES string of the molecule is CCC(C)CNC(=O)COC1(C)CNC1. The summed E-state index contributed by atoms with van der Waals surface area (Å²) in [5, 5.41) is 6.00. The van der Waals surface area contributed by atoms with E-state index in [1.165, 1.54) is 0 Å². The van der Waals surface area contributed by atoms with Gasteiger partial charge in [0, 0.05) is 19.6 Å². The number of carbonyl (C=O) groups excluding carboxylic acids is 1. The van der Waals surface area contributed by atoms with Crippen LogP contribution in [0.15, 0.2) is 0 Å². The first-order chi connectivity index (χ1) is 7.06. The number of amides is 1. The maximum atomic E-state index is 11.4. The van der Waals surface area contributed by atoms with Gasteiger partial charge in [-0.2, -0.15) is 0 Å². The molecule has 0 bridgehead atoms. The number of nitrogens with one attached hydrogen (secondary N) is 2. The lowest BCUT2D eigenvalue weighted by atomic mass is 10.0. The Labute approximate surface area is 91.8 Å². The Hall–Kier alpha value is -0.610. The van der Waals surface area contributed by atoms with Crippen LogP contribution in [0.25, 0.3) is 0 Å². The molecule has 1 heterocycles. The van der Waals surface area contributed by atoms with Crippen LogP contribution in [-0.4, -0.2) is 37.7 Å². The van der Waals surface area contributed by atoms with Crippen LogP contribution in [0.1, 0.15) is 27.2 Å². The zero-order valence-corrected chi connectivity index (χ0v) is 9.93. The zero-order valence-electron chi connectivity index (χ0n) is 9.93. The first-order valence-corrected chi connectivity index (χ1v) is 5.67. The van der Waals surface area contributed by atoms with E-state index < -0.39 is 0 Å². The zero-order chi connectivity index (χ0) is 11.3. The topological polar surface area (TPSA) is 50.4 Å². The highest BCUT2D eigenvalue weighted by Gasteiger charge is 2.32. The molecule has 4 nitrogen and oxygen atoms in total. The molecule has 0 aromatic rings. The Kier molecular flexibility index (Phi) is 4.54. The van der Waals surface area contributed by atoms with Crippen LogP contribution >= 0.6 is 0 Å². The lowest BCUT2D eigenvalue weighted by Crippen LogP contribution is -2.59. The molecule has 0 aromatic heterocycles. The van der Waals surface area contributed by atoms with Gasteiger partial charge in [-0.1, -0.05) is 20.3 Å². The van der Waals surface area contributed by atoms with Gasteiger partial charge < -0.3 is 15.4 Å². The van der Waals surface area contributed by atoms with Crippen molar-refractivity contribution in [3.8, 4) is 0 Å². The minimum atomic E-state index is -0.131. The van der Waals surface area contributed by atoms with E-state index in [1.54, 1.807) is 0 Å². The van der Waals surface area contributed by atoms with E-state index in [0.717, 1.165) is 26.1 Å². The Balaban J connectivity index is 2.08. The molecule has 1 unspecified atom stereocenters. The quantitative estimate of drug-likeness (QED) is 0.678. The lowest BCUT2D eigenvalue weighted by molar-refractivity contribution is -0.136. The van der Waals surface area contributed by atoms with E-state index in [-0.39, 0.29) is 18.1 Å². The third-order valence-electron chi connectivity index (χ3n) is 2.89. The molecule has 0 aliphatic carbocycles. The van der Waals surface area contributed by atoms with Crippen LogP contribution in [0, 0.1) is 5.92 Å². The summed E-state index contributed by atoms with van der Waals surface area (Å²) in [6.45, 7) is 8.86. The molecule has 88 valence electrons. The van der Waals surface area contributed by atoms with Gasteiger partial charge in [-0.15, -0.1) is 0 Å². The average Bonchev–Trinajstić information content (AvgIpc) is 2.20. The largest absolute Gasteiger partial charge is 0.363 e. The van der Waals surface area contributed by atoms with Gasteiger partial charge in [-0.3, -0.25) is 4.79 Å². The fourth-order valence-corrected chi connectivity index (χ4v) is 1.30. The van der Waals surface area contributed by atoms with E-state index in [0.29, 0.717) is 5.92 Å². The molecule has 4 heteroatoms. The maximum Gasteiger partial charge on any atom is 0.246 e. The van der Waals surface area contributed by atoms with Crippen LogP contribution in [0.3, 0.4) is 0 Å². The molecule has 1 fully saturated rings. The normalized spacial score (nSPS) is 20.5. The molecule has 1 rings (SSSR count). The van der Waals surface area contributed by atoms with E-state index >= 15 is 0 Å². The smallest absolute Gasteiger partial charge is 0.246 e.